The fourth-order valence-corrected chi connectivity index (χ4v) is 1.04. The van der Waals surface area contributed by atoms with Gasteiger partial charge in [-0.15, -0.1) is 0 Å². The minimum atomic E-state index is -0.506. The van der Waals surface area contributed by atoms with Crippen molar-refractivity contribution in [2.45, 2.75) is 12.8 Å². The van der Waals surface area contributed by atoms with Gasteiger partial charge in [-0.2, -0.15) is 0 Å². The fourth-order valence-electron chi connectivity index (χ4n) is 1.04. The van der Waals surface area contributed by atoms with Gasteiger partial charge >= 0.3 is 6.01 Å². The number of nitrogens with zero attached hydrogens (tertiary/aromatic N) is 2. The quantitative estimate of drug-likeness (QED) is 0.673. The standard InChI is InChI=1S/C9H9FN2O2/c10-7-3-11-8(12-4-7)14-6-9(5-13)1-2-9/h3-5H,1-2,6H2. The summed E-state index contributed by atoms with van der Waals surface area (Å²) in [4.78, 5) is 17.8. The van der Waals surface area contributed by atoms with Crippen LogP contribution in [0.5, 0.6) is 6.01 Å². The molecule has 4 nitrogen and oxygen atoms in total. The predicted molar refractivity (Wildman–Crippen MR) is 45.2 cm³/mol. The van der Waals surface area contributed by atoms with Crippen molar-refractivity contribution in [2.75, 3.05) is 6.61 Å². The van der Waals surface area contributed by atoms with Crippen LogP contribution in [0, 0.1) is 11.2 Å². The number of hydrogen-bond donors (Lipinski definition) is 0. The van der Waals surface area contributed by atoms with E-state index in [4.69, 9.17) is 4.74 Å². The van der Waals surface area contributed by atoms with E-state index in [0.717, 1.165) is 31.5 Å². The van der Waals surface area contributed by atoms with Gasteiger partial charge in [-0.25, -0.2) is 14.4 Å². The monoisotopic (exact) mass is 196 g/mol. The lowest BCUT2D eigenvalue weighted by Crippen LogP contribution is -2.15. The Morgan fingerprint density at radius 3 is 2.64 bits per heavy atom. The van der Waals surface area contributed by atoms with E-state index in [1.165, 1.54) is 0 Å². The van der Waals surface area contributed by atoms with Crippen LogP contribution in [0.25, 0.3) is 0 Å². The lowest BCUT2D eigenvalue weighted by molar-refractivity contribution is -0.113. The number of ether oxygens (including phenoxy) is 1. The van der Waals surface area contributed by atoms with Gasteiger partial charge in [0.05, 0.1) is 17.8 Å². The van der Waals surface area contributed by atoms with Crippen LogP contribution in [0.15, 0.2) is 12.4 Å². The molecule has 0 saturated heterocycles. The summed E-state index contributed by atoms with van der Waals surface area (Å²) < 4.78 is 17.6. The molecule has 1 aromatic heterocycles. The molecule has 74 valence electrons. The maximum absolute atomic E-state index is 12.4. The third-order valence-electron chi connectivity index (χ3n) is 2.23. The molecule has 2 rings (SSSR count). The van der Waals surface area contributed by atoms with Gasteiger partial charge in [-0.1, -0.05) is 0 Å². The molecule has 0 unspecified atom stereocenters. The molecule has 1 fully saturated rings. The molecule has 0 N–H and O–H groups in total. The molecule has 0 atom stereocenters. The van der Waals surface area contributed by atoms with Crippen LogP contribution in [0.2, 0.25) is 0 Å². The highest BCUT2D eigenvalue weighted by atomic mass is 19.1. The van der Waals surface area contributed by atoms with Crippen LogP contribution in [-0.4, -0.2) is 22.9 Å². The SMILES string of the molecule is O=CC1(COc2ncc(F)cn2)CC1. The van der Waals surface area contributed by atoms with E-state index in [9.17, 15) is 9.18 Å². The van der Waals surface area contributed by atoms with Crippen LogP contribution >= 0.6 is 0 Å². The van der Waals surface area contributed by atoms with Gasteiger partial charge in [0.1, 0.15) is 12.9 Å². The summed E-state index contributed by atoms with van der Waals surface area (Å²) in [7, 11) is 0. The third kappa shape index (κ3) is 1.86. The first-order valence-electron chi connectivity index (χ1n) is 4.31. The Morgan fingerprint density at radius 1 is 1.50 bits per heavy atom. The van der Waals surface area contributed by atoms with Gasteiger partial charge in [-0.05, 0) is 12.8 Å². The van der Waals surface area contributed by atoms with E-state index in [2.05, 4.69) is 9.97 Å². The Bertz CT molecular complexity index is 335. The van der Waals surface area contributed by atoms with Gasteiger partial charge in [-0.3, -0.25) is 0 Å². The highest BCUT2D eigenvalue weighted by Gasteiger charge is 2.43. The van der Waals surface area contributed by atoms with Crippen LogP contribution in [0.1, 0.15) is 12.8 Å². The second-order valence-corrected chi connectivity index (χ2v) is 3.45. The molecule has 0 spiro atoms. The lowest BCUT2D eigenvalue weighted by Gasteiger charge is -2.07. The number of aldehydes is 1. The second kappa shape index (κ2) is 3.32. The van der Waals surface area contributed by atoms with Crippen molar-refractivity contribution in [3.05, 3.63) is 18.2 Å². The second-order valence-electron chi connectivity index (χ2n) is 3.45. The summed E-state index contributed by atoms with van der Waals surface area (Å²) in [6.45, 7) is 0.280. The molecule has 0 bridgehead atoms. The zero-order valence-electron chi connectivity index (χ0n) is 7.44. The van der Waals surface area contributed by atoms with Crippen LogP contribution in [0.3, 0.4) is 0 Å². The van der Waals surface area contributed by atoms with Crippen molar-refractivity contribution in [2.24, 2.45) is 5.41 Å². The summed E-state index contributed by atoms with van der Waals surface area (Å²) in [6.07, 6.45) is 4.65. The van der Waals surface area contributed by atoms with E-state index in [-0.39, 0.29) is 18.0 Å². The molecule has 1 aliphatic rings. The van der Waals surface area contributed by atoms with E-state index in [1.807, 2.05) is 0 Å². The Balaban J connectivity index is 1.92. The summed E-state index contributed by atoms with van der Waals surface area (Å²) in [6, 6.07) is 0.111. The van der Waals surface area contributed by atoms with Crippen molar-refractivity contribution in [3.8, 4) is 6.01 Å². The fraction of sp³-hybridized carbons (Fsp3) is 0.444. The molecule has 0 aliphatic heterocycles. The Hall–Kier alpha value is -1.52. The van der Waals surface area contributed by atoms with Gasteiger partial charge in [0.2, 0.25) is 0 Å². The lowest BCUT2D eigenvalue weighted by atomic mass is 10.2. The molecule has 0 radical (unpaired) electrons. The third-order valence-corrected chi connectivity index (χ3v) is 2.23. The average Bonchev–Trinajstić information content (AvgIpc) is 2.98. The number of carbonyl (C=O) groups is 1. The number of aromatic nitrogens is 2. The van der Waals surface area contributed by atoms with Gasteiger partial charge in [0.15, 0.2) is 5.82 Å². The van der Waals surface area contributed by atoms with E-state index in [1.54, 1.807) is 0 Å². The molecular formula is C9H9FN2O2. The van der Waals surface area contributed by atoms with Gasteiger partial charge < -0.3 is 9.53 Å². The molecule has 1 heterocycles. The summed E-state index contributed by atoms with van der Waals surface area (Å²) in [5, 5.41) is 0. The largest absolute Gasteiger partial charge is 0.462 e. The molecular weight excluding hydrogens is 187 g/mol. The van der Waals surface area contributed by atoms with Crippen molar-refractivity contribution in [1.29, 1.82) is 0 Å². The molecule has 1 aromatic rings. The van der Waals surface area contributed by atoms with Gasteiger partial charge in [0.25, 0.3) is 0 Å². The summed E-state index contributed by atoms with van der Waals surface area (Å²) in [5.41, 5.74) is -0.336. The highest BCUT2D eigenvalue weighted by molar-refractivity contribution is 5.63. The van der Waals surface area contributed by atoms with E-state index >= 15 is 0 Å². The van der Waals surface area contributed by atoms with Crippen LogP contribution in [0.4, 0.5) is 4.39 Å². The first kappa shape index (κ1) is 9.05. The molecule has 0 amide bonds. The molecule has 0 aromatic carbocycles. The smallest absolute Gasteiger partial charge is 0.316 e. The Morgan fingerprint density at radius 2 is 2.14 bits per heavy atom. The Labute approximate surface area is 80.1 Å². The molecule has 1 aliphatic carbocycles. The maximum Gasteiger partial charge on any atom is 0.316 e. The van der Waals surface area contributed by atoms with Crippen LogP contribution < -0.4 is 4.74 Å². The number of halogens is 1. The zero-order valence-corrected chi connectivity index (χ0v) is 7.44. The number of carbonyl (C=O) groups excluding carboxylic acids is 1. The maximum atomic E-state index is 12.4. The van der Waals surface area contributed by atoms with Crippen molar-refractivity contribution in [3.63, 3.8) is 0 Å². The first-order chi connectivity index (χ1) is 6.74. The highest BCUT2D eigenvalue weighted by Crippen LogP contribution is 2.43. The van der Waals surface area contributed by atoms with Gasteiger partial charge in [0, 0.05) is 0 Å². The molecule has 14 heavy (non-hydrogen) atoms. The Kier molecular flexibility index (Phi) is 2.15. The zero-order chi connectivity index (χ0) is 10.0. The number of hydrogen-bond acceptors (Lipinski definition) is 4. The number of rotatable bonds is 4. The minimum absolute atomic E-state index is 0.111. The summed E-state index contributed by atoms with van der Waals surface area (Å²) >= 11 is 0. The van der Waals surface area contributed by atoms with Crippen LogP contribution in [-0.2, 0) is 4.79 Å². The van der Waals surface area contributed by atoms with E-state index < -0.39 is 5.82 Å². The van der Waals surface area contributed by atoms with Crippen molar-refractivity contribution >= 4 is 6.29 Å². The predicted octanol–water partition coefficient (Wildman–Crippen LogP) is 0.974. The normalized spacial score (nSPS) is 17.5. The minimum Gasteiger partial charge on any atom is -0.462 e. The average molecular weight is 196 g/mol. The van der Waals surface area contributed by atoms with Crippen molar-refractivity contribution in [1.82, 2.24) is 9.97 Å². The summed E-state index contributed by atoms with van der Waals surface area (Å²) in [5.74, 6) is -0.506. The van der Waals surface area contributed by atoms with E-state index in [0.29, 0.717) is 0 Å². The molecule has 1 saturated carbocycles. The first-order valence-corrected chi connectivity index (χ1v) is 4.31. The topological polar surface area (TPSA) is 52.1 Å². The van der Waals surface area contributed by atoms with Crippen molar-refractivity contribution < 1.29 is 13.9 Å². The molecule has 5 heteroatoms.